The van der Waals surface area contributed by atoms with E-state index < -0.39 is 10.9 Å². The van der Waals surface area contributed by atoms with E-state index in [1.165, 1.54) is 12.1 Å². The number of benzene rings is 1. The van der Waals surface area contributed by atoms with Gasteiger partial charge in [0.1, 0.15) is 0 Å². The summed E-state index contributed by atoms with van der Waals surface area (Å²) in [4.78, 5) is 22.4. The molecule has 1 aliphatic heterocycles. The maximum absolute atomic E-state index is 11.5. The molecule has 0 amide bonds. The Balaban J connectivity index is 2.20. The van der Waals surface area contributed by atoms with Gasteiger partial charge in [0, 0.05) is 18.0 Å². The van der Waals surface area contributed by atoms with Gasteiger partial charge in [0.05, 0.1) is 21.7 Å². The number of carboxylic acids is 1. The fourth-order valence-corrected chi connectivity index (χ4v) is 3.73. The van der Waals surface area contributed by atoms with Crippen molar-refractivity contribution < 1.29 is 14.8 Å². The lowest BCUT2D eigenvalue weighted by Gasteiger charge is -2.37. The zero-order valence-corrected chi connectivity index (χ0v) is 12.3. The van der Waals surface area contributed by atoms with Crippen LogP contribution in [0.25, 0.3) is 0 Å². The van der Waals surface area contributed by atoms with Crippen LogP contribution in [0, 0.1) is 16.0 Å². The van der Waals surface area contributed by atoms with E-state index in [1.54, 1.807) is 0 Å². The number of carboxylic acid groups (broad SMARTS) is 1. The van der Waals surface area contributed by atoms with Crippen molar-refractivity contribution in [3.05, 3.63) is 45.5 Å². The van der Waals surface area contributed by atoms with E-state index in [1.807, 2.05) is 12.2 Å². The number of nitrogens with one attached hydrogen (secondary N) is 1. The largest absolute Gasteiger partial charge is 0.478 e. The zero-order valence-electron chi connectivity index (χ0n) is 12.3. The summed E-state index contributed by atoms with van der Waals surface area (Å²) < 4.78 is 0. The molecule has 0 unspecified atom stereocenters. The molecule has 0 radical (unpaired) electrons. The minimum absolute atomic E-state index is 0.00370. The van der Waals surface area contributed by atoms with Gasteiger partial charge >= 0.3 is 5.97 Å². The summed E-state index contributed by atoms with van der Waals surface area (Å²) in [5.41, 5.74) is 1.06. The fourth-order valence-electron chi connectivity index (χ4n) is 3.73. The van der Waals surface area contributed by atoms with Crippen LogP contribution in [0.1, 0.15) is 48.0 Å². The van der Waals surface area contributed by atoms with E-state index in [-0.39, 0.29) is 29.1 Å². The van der Waals surface area contributed by atoms with Gasteiger partial charge in [0.15, 0.2) is 0 Å². The van der Waals surface area contributed by atoms with Crippen molar-refractivity contribution in [2.45, 2.75) is 38.1 Å². The van der Waals surface area contributed by atoms with Crippen molar-refractivity contribution in [2.24, 2.45) is 5.92 Å². The molecule has 6 heteroatoms. The van der Waals surface area contributed by atoms with E-state index in [4.69, 9.17) is 0 Å². The molecule has 3 atom stereocenters. The lowest BCUT2D eigenvalue weighted by molar-refractivity contribution is -0.385. The van der Waals surface area contributed by atoms with Crippen LogP contribution in [-0.4, -0.2) is 22.0 Å². The smallest absolute Gasteiger partial charge is 0.337 e. The summed E-state index contributed by atoms with van der Waals surface area (Å²) in [5.74, 6) is -0.878. The summed E-state index contributed by atoms with van der Waals surface area (Å²) in [6.45, 7) is 2.08. The topological polar surface area (TPSA) is 92.5 Å². The highest BCUT2D eigenvalue weighted by Gasteiger charge is 2.42. The maximum Gasteiger partial charge on any atom is 0.337 e. The average molecular weight is 302 g/mol. The third-order valence-corrected chi connectivity index (χ3v) is 4.64. The second kappa shape index (κ2) is 5.44. The summed E-state index contributed by atoms with van der Waals surface area (Å²) in [5, 5.41) is 24.0. The molecule has 1 heterocycles. The second-order valence-corrected chi connectivity index (χ2v) is 5.88. The normalized spacial score (nSPS) is 25.2. The number of nitro groups is 1. The van der Waals surface area contributed by atoms with Crippen LogP contribution >= 0.6 is 0 Å². The molecule has 1 aromatic rings. The molecule has 6 nitrogen and oxygen atoms in total. The third kappa shape index (κ3) is 2.15. The quantitative estimate of drug-likeness (QED) is 0.504. The van der Waals surface area contributed by atoms with Crippen molar-refractivity contribution in [3.63, 3.8) is 0 Å². The molecular weight excluding hydrogens is 284 g/mol. The van der Waals surface area contributed by atoms with Gasteiger partial charge < -0.3 is 10.4 Å². The molecule has 1 aliphatic carbocycles. The van der Waals surface area contributed by atoms with Crippen molar-refractivity contribution in [2.75, 3.05) is 5.32 Å². The minimum atomic E-state index is -1.06. The fraction of sp³-hybridized carbons (Fsp3) is 0.438. The Bertz CT molecular complexity index is 668. The first-order chi connectivity index (χ1) is 10.5. The number of hydrogen-bond donors (Lipinski definition) is 2. The number of allylic oxidation sites excluding steroid dienone is 2. The number of rotatable bonds is 4. The van der Waals surface area contributed by atoms with E-state index in [9.17, 15) is 20.0 Å². The number of carbonyl (C=O) groups is 1. The number of aromatic carboxylic acids is 1. The first-order valence-corrected chi connectivity index (χ1v) is 7.52. The van der Waals surface area contributed by atoms with Crippen molar-refractivity contribution in [1.29, 1.82) is 0 Å². The first-order valence-electron chi connectivity index (χ1n) is 7.52. The molecule has 3 rings (SSSR count). The lowest BCUT2D eigenvalue weighted by Crippen LogP contribution is -2.37. The Kier molecular flexibility index (Phi) is 3.60. The summed E-state index contributed by atoms with van der Waals surface area (Å²) in [6, 6.07) is 2.79. The number of nitrogens with zero attached hydrogens (tertiary/aromatic N) is 1. The SMILES string of the molecule is CCC[C@H]1Nc2c(C(=O)O)ccc([N+](=O)[O-])c2[C@@H]2C=CC[C@@H]12. The summed E-state index contributed by atoms with van der Waals surface area (Å²) in [7, 11) is 0. The highest BCUT2D eigenvalue weighted by atomic mass is 16.6. The molecule has 0 spiro atoms. The van der Waals surface area contributed by atoms with Crippen LogP contribution < -0.4 is 5.32 Å². The molecular formula is C16H18N2O4. The van der Waals surface area contributed by atoms with Gasteiger partial charge in [-0.05, 0) is 24.8 Å². The number of nitro benzene ring substituents is 1. The van der Waals surface area contributed by atoms with Crippen LogP contribution in [0.5, 0.6) is 0 Å². The minimum Gasteiger partial charge on any atom is -0.478 e. The molecule has 2 N–H and O–H groups in total. The van der Waals surface area contributed by atoms with Gasteiger partial charge in [-0.2, -0.15) is 0 Å². The third-order valence-electron chi connectivity index (χ3n) is 4.64. The van der Waals surface area contributed by atoms with E-state index >= 15 is 0 Å². The van der Waals surface area contributed by atoms with E-state index in [2.05, 4.69) is 12.2 Å². The van der Waals surface area contributed by atoms with Gasteiger partial charge in [-0.15, -0.1) is 0 Å². The van der Waals surface area contributed by atoms with Crippen molar-refractivity contribution >= 4 is 17.3 Å². The number of anilines is 1. The molecule has 116 valence electrons. The summed E-state index contributed by atoms with van der Waals surface area (Å²) >= 11 is 0. The monoisotopic (exact) mass is 302 g/mol. The first kappa shape index (κ1) is 14.6. The van der Waals surface area contributed by atoms with Crippen molar-refractivity contribution in [3.8, 4) is 0 Å². The molecule has 1 aromatic carbocycles. The van der Waals surface area contributed by atoms with Crippen LogP contribution in [0.4, 0.5) is 11.4 Å². The lowest BCUT2D eigenvalue weighted by atomic mass is 9.76. The van der Waals surface area contributed by atoms with Crippen LogP contribution in [0.15, 0.2) is 24.3 Å². The molecule has 0 saturated carbocycles. The average Bonchev–Trinajstić information content (AvgIpc) is 2.95. The highest BCUT2D eigenvalue weighted by molar-refractivity contribution is 5.97. The Morgan fingerprint density at radius 2 is 2.27 bits per heavy atom. The number of fused-ring (bicyclic) bond motifs is 3. The highest BCUT2D eigenvalue weighted by Crippen LogP contribution is 2.50. The molecule has 2 aliphatic rings. The molecule has 0 saturated heterocycles. The Labute approximate surface area is 128 Å². The van der Waals surface area contributed by atoms with Crippen molar-refractivity contribution in [1.82, 2.24) is 0 Å². The summed E-state index contributed by atoms with van der Waals surface area (Å²) in [6.07, 6.45) is 6.81. The predicted molar refractivity (Wildman–Crippen MR) is 82.4 cm³/mol. The Hall–Kier alpha value is -2.37. The predicted octanol–water partition coefficient (Wildman–Crippen LogP) is 3.55. The molecule has 0 fully saturated rings. The molecule has 22 heavy (non-hydrogen) atoms. The van der Waals surface area contributed by atoms with Gasteiger partial charge in [-0.3, -0.25) is 10.1 Å². The van der Waals surface area contributed by atoms with Gasteiger partial charge in [0.2, 0.25) is 0 Å². The zero-order chi connectivity index (χ0) is 15.9. The van der Waals surface area contributed by atoms with Gasteiger partial charge in [0.25, 0.3) is 5.69 Å². The van der Waals surface area contributed by atoms with Crippen LogP contribution in [0.3, 0.4) is 0 Å². The Morgan fingerprint density at radius 1 is 1.50 bits per heavy atom. The Morgan fingerprint density at radius 3 is 2.91 bits per heavy atom. The maximum atomic E-state index is 11.5. The van der Waals surface area contributed by atoms with Gasteiger partial charge in [-0.25, -0.2) is 4.79 Å². The van der Waals surface area contributed by atoms with Crippen LogP contribution in [0.2, 0.25) is 0 Å². The standard InChI is InChI=1S/C16H18N2O4/c1-2-4-12-9-5-3-6-10(9)14-13(18(21)22)8-7-11(16(19)20)15(14)17-12/h3,6-10,12,17H,2,4-5H2,1H3,(H,19,20)/t9-,10-,12-/m1/s1. The van der Waals surface area contributed by atoms with E-state index in [0.717, 1.165) is 19.3 Å². The molecule has 0 aromatic heterocycles. The van der Waals surface area contributed by atoms with Gasteiger partial charge in [-0.1, -0.05) is 25.5 Å². The van der Waals surface area contributed by atoms with E-state index in [0.29, 0.717) is 11.3 Å². The van der Waals surface area contributed by atoms with Crippen LogP contribution in [-0.2, 0) is 0 Å². The number of hydrogen-bond acceptors (Lipinski definition) is 4. The second-order valence-electron chi connectivity index (χ2n) is 5.88. The molecule has 0 bridgehead atoms.